The Morgan fingerprint density at radius 3 is 2.58 bits per heavy atom. The summed E-state index contributed by atoms with van der Waals surface area (Å²) in [5, 5.41) is 9.05. The summed E-state index contributed by atoms with van der Waals surface area (Å²) in [6.45, 7) is 2.79. The van der Waals surface area contributed by atoms with E-state index in [4.69, 9.17) is 0 Å². The molecule has 1 aliphatic heterocycles. The molecule has 4 aromatic rings. The highest BCUT2D eigenvalue weighted by Gasteiger charge is 2.38. The van der Waals surface area contributed by atoms with E-state index in [0.29, 0.717) is 25.2 Å². The molecule has 0 N–H and O–H groups in total. The lowest BCUT2D eigenvalue weighted by Crippen LogP contribution is -2.54. The van der Waals surface area contributed by atoms with Crippen LogP contribution in [-0.4, -0.2) is 56.0 Å². The molecule has 5 rings (SSSR count). The van der Waals surface area contributed by atoms with Gasteiger partial charge in [-0.25, -0.2) is 15.0 Å². The number of anilines is 1. The average Bonchev–Trinajstić information content (AvgIpc) is 3.29. The number of aromatic nitrogens is 4. The number of hydrogen-bond donors (Lipinski definition) is 0. The number of amides is 1. The summed E-state index contributed by atoms with van der Waals surface area (Å²) in [6, 6.07) is 13.5. The molecule has 0 bridgehead atoms. The summed E-state index contributed by atoms with van der Waals surface area (Å²) >= 11 is 0. The Bertz CT molecular complexity index is 1480. The number of nitrogens with zero attached hydrogens (tertiary/aromatic N) is 7. The molecule has 1 fully saturated rings. The second kappa shape index (κ2) is 8.96. The second-order valence-electron chi connectivity index (χ2n) is 8.48. The van der Waals surface area contributed by atoms with Crippen molar-refractivity contribution in [3.05, 3.63) is 77.9 Å². The first kappa shape index (κ1) is 23.3. The topological polar surface area (TPSA) is 90.9 Å². The first-order valence-electron chi connectivity index (χ1n) is 11.2. The highest BCUT2D eigenvalue weighted by atomic mass is 19.4. The Labute approximate surface area is 204 Å². The van der Waals surface area contributed by atoms with E-state index in [-0.39, 0.29) is 40.2 Å². The molecule has 4 heterocycles. The fourth-order valence-electron chi connectivity index (χ4n) is 4.49. The van der Waals surface area contributed by atoms with Crippen LogP contribution in [0.25, 0.3) is 16.9 Å². The summed E-state index contributed by atoms with van der Waals surface area (Å²) in [7, 11) is 0. The molecule has 0 unspecified atom stereocenters. The molecule has 3 aromatic heterocycles. The van der Waals surface area contributed by atoms with Crippen LogP contribution in [0.1, 0.15) is 28.4 Å². The number of pyridine rings is 1. The number of rotatable bonds is 3. The Morgan fingerprint density at radius 1 is 1.11 bits per heavy atom. The van der Waals surface area contributed by atoms with E-state index in [1.165, 1.54) is 29.2 Å². The van der Waals surface area contributed by atoms with E-state index in [1.807, 2.05) is 19.1 Å². The van der Waals surface area contributed by atoms with Crippen molar-refractivity contribution in [3.63, 3.8) is 0 Å². The van der Waals surface area contributed by atoms with E-state index in [9.17, 15) is 23.2 Å². The standard InChI is InChI=1S/C25H20F3N7O/c1-16-13-33(9-10-34(16)24(36)18-5-3-2-4-6-18)22-21-19(25(26,27)28)14-35(23(21)32-15-31-22)20-11-17(12-29)7-8-30-20/h2-8,11,14-16H,9-10,13H2,1H3/t16-/m1/s1. The van der Waals surface area contributed by atoms with Gasteiger partial charge in [-0.3, -0.25) is 9.36 Å². The van der Waals surface area contributed by atoms with E-state index < -0.39 is 11.7 Å². The van der Waals surface area contributed by atoms with Gasteiger partial charge in [0.2, 0.25) is 0 Å². The Hall–Kier alpha value is -4.46. The number of hydrogen-bond acceptors (Lipinski definition) is 6. The minimum absolute atomic E-state index is 0.0327. The number of piperazine rings is 1. The Kier molecular flexibility index (Phi) is 5.80. The highest BCUT2D eigenvalue weighted by Crippen LogP contribution is 2.40. The molecular formula is C25H20F3N7O. The van der Waals surface area contributed by atoms with Gasteiger partial charge in [0.25, 0.3) is 5.91 Å². The molecule has 1 saturated heterocycles. The summed E-state index contributed by atoms with van der Waals surface area (Å²) in [5.41, 5.74) is -0.0402. The Balaban J connectivity index is 1.54. The van der Waals surface area contributed by atoms with Crippen LogP contribution in [-0.2, 0) is 6.18 Å². The Morgan fingerprint density at radius 2 is 1.89 bits per heavy atom. The molecule has 1 atom stereocenters. The lowest BCUT2D eigenvalue weighted by atomic mass is 10.1. The van der Waals surface area contributed by atoms with Gasteiger partial charge < -0.3 is 9.80 Å². The molecule has 0 radical (unpaired) electrons. The summed E-state index contributed by atoms with van der Waals surface area (Å²) < 4.78 is 43.7. The molecule has 1 aromatic carbocycles. The molecule has 1 amide bonds. The quantitative estimate of drug-likeness (QED) is 0.429. The first-order chi connectivity index (χ1) is 17.3. The van der Waals surface area contributed by atoms with Crippen molar-refractivity contribution in [3.8, 4) is 11.9 Å². The number of halogens is 3. The fourth-order valence-corrected chi connectivity index (χ4v) is 4.49. The van der Waals surface area contributed by atoms with Crippen molar-refractivity contribution in [2.24, 2.45) is 0 Å². The van der Waals surface area contributed by atoms with Crippen LogP contribution in [0.15, 0.2) is 61.2 Å². The zero-order valence-corrected chi connectivity index (χ0v) is 19.1. The summed E-state index contributed by atoms with van der Waals surface area (Å²) in [5.74, 6) is 0.160. The number of nitriles is 1. The number of fused-ring (bicyclic) bond motifs is 1. The van der Waals surface area contributed by atoms with Crippen LogP contribution in [0.2, 0.25) is 0 Å². The van der Waals surface area contributed by atoms with Gasteiger partial charge in [0, 0.05) is 43.6 Å². The lowest BCUT2D eigenvalue weighted by molar-refractivity contribution is -0.136. The smallest absolute Gasteiger partial charge is 0.352 e. The molecule has 0 saturated carbocycles. The van der Waals surface area contributed by atoms with Crippen molar-refractivity contribution in [1.82, 2.24) is 24.4 Å². The number of alkyl halides is 3. The summed E-state index contributed by atoms with van der Waals surface area (Å²) in [4.78, 5) is 29.0. The van der Waals surface area contributed by atoms with Crippen molar-refractivity contribution >= 4 is 22.8 Å². The third kappa shape index (κ3) is 4.11. The zero-order valence-electron chi connectivity index (χ0n) is 19.1. The van der Waals surface area contributed by atoms with Crippen molar-refractivity contribution in [1.29, 1.82) is 5.26 Å². The van der Waals surface area contributed by atoms with Crippen molar-refractivity contribution in [2.45, 2.75) is 19.1 Å². The molecule has 182 valence electrons. The van der Waals surface area contributed by atoms with Gasteiger partial charge >= 0.3 is 6.18 Å². The maximum Gasteiger partial charge on any atom is 0.418 e. The van der Waals surface area contributed by atoms with Gasteiger partial charge in [-0.2, -0.15) is 18.4 Å². The molecule has 0 spiro atoms. The van der Waals surface area contributed by atoms with Crippen molar-refractivity contribution < 1.29 is 18.0 Å². The van der Waals surface area contributed by atoms with Gasteiger partial charge in [0.1, 0.15) is 18.0 Å². The molecule has 1 aliphatic rings. The minimum Gasteiger partial charge on any atom is -0.352 e. The lowest BCUT2D eigenvalue weighted by Gasteiger charge is -2.40. The van der Waals surface area contributed by atoms with Crippen LogP contribution in [0, 0.1) is 11.3 Å². The van der Waals surface area contributed by atoms with E-state index in [2.05, 4.69) is 15.0 Å². The average molecular weight is 491 g/mol. The molecule has 11 heteroatoms. The molecular weight excluding hydrogens is 471 g/mol. The molecule has 8 nitrogen and oxygen atoms in total. The highest BCUT2D eigenvalue weighted by molar-refractivity contribution is 5.95. The predicted molar refractivity (Wildman–Crippen MR) is 126 cm³/mol. The molecule has 0 aliphatic carbocycles. The van der Waals surface area contributed by atoms with E-state index in [1.54, 1.807) is 34.1 Å². The van der Waals surface area contributed by atoms with E-state index >= 15 is 0 Å². The van der Waals surface area contributed by atoms with Gasteiger partial charge in [0.05, 0.1) is 22.6 Å². The maximum absolute atomic E-state index is 14.2. The third-order valence-electron chi connectivity index (χ3n) is 6.20. The van der Waals surface area contributed by atoms with Gasteiger partial charge in [-0.15, -0.1) is 0 Å². The zero-order chi connectivity index (χ0) is 25.4. The van der Waals surface area contributed by atoms with Crippen LogP contribution >= 0.6 is 0 Å². The van der Waals surface area contributed by atoms with Crippen LogP contribution in [0.5, 0.6) is 0 Å². The fraction of sp³-hybridized carbons (Fsp3) is 0.240. The van der Waals surface area contributed by atoms with Crippen molar-refractivity contribution in [2.75, 3.05) is 24.5 Å². The van der Waals surface area contributed by atoms with Crippen LogP contribution in [0.3, 0.4) is 0 Å². The van der Waals surface area contributed by atoms with E-state index in [0.717, 1.165) is 6.20 Å². The monoisotopic (exact) mass is 491 g/mol. The SMILES string of the molecule is C[C@@H]1CN(c2ncnc3c2c(C(F)(F)F)cn3-c2cc(C#N)ccn2)CCN1C(=O)c1ccccc1. The van der Waals surface area contributed by atoms with Gasteiger partial charge in [0.15, 0.2) is 5.65 Å². The normalized spacial score (nSPS) is 16.2. The van der Waals surface area contributed by atoms with Crippen LogP contribution < -0.4 is 4.90 Å². The first-order valence-corrected chi connectivity index (χ1v) is 11.2. The summed E-state index contributed by atoms with van der Waals surface area (Å²) in [6.07, 6.45) is -1.16. The van der Waals surface area contributed by atoms with Gasteiger partial charge in [-0.05, 0) is 31.2 Å². The van der Waals surface area contributed by atoms with Crippen LogP contribution in [0.4, 0.5) is 19.0 Å². The predicted octanol–water partition coefficient (Wildman–Crippen LogP) is 4.06. The third-order valence-corrected chi connectivity index (χ3v) is 6.20. The number of carbonyl (C=O) groups is 1. The molecule has 36 heavy (non-hydrogen) atoms. The number of carbonyl (C=O) groups excluding carboxylic acids is 1. The largest absolute Gasteiger partial charge is 0.418 e. The minimum atomic E-state index is -4.67. The number of benzene rings is 1. The second-order valence-corrected chi connectivity index (χ2v) is 8.48. The maximum atomic E-state index is 14.2. The van der Waals surface area contributed by atoms with Gasteiger partial charge in [-0.1, -0.05) is 18.2 Å².